The van der Waals surface area contributed by atoms with E-state index in [1.54, 1.807) is 14.2 Å². The van der Waals surface area contributed by atoms with Crippen LogP contribution in [0.5, 0.6) is 5.75 Å². The van der Waals surface area contributed by atoms with Crippen LogP contribution < -0.4 is 15.4 Å². The number of benzene rings is 1. The van der Waals surface area contributed by atoms with Gasteiger partial charge in [-0.1, -0.05) is 26.0 Å². The molecule has 0 aliphatic heterocycles. The highest BCUT2D eigenvalue weighted by Crippen LogP contribution is 2.10. The first-order chi connectivity index (χ1) is 11.5. The van der Waals surface area contributed by atoms with Gasteiger partial charge in [0.2, 0.25) is 10.0 Å². The van der Waals surface area contributed by atoms with Gasteiger partial charge in [0.15, 0.2) is 5.96 Å². The number of sulfonamides is 1. The van der Waals surface area contributed by atoms with Crippen LogP contribution in [0.15, 0.2) is 29.3 Å². The van der Waals surface area contributed by atoms with Crippen molar-refractivity contribution in [2.45, 2.75) is 20.4 Å². The first-order valence-corrected chi connectivity index (χ1v) is 9.63. The highest BCUT2D eigenvalue weighted by molar-refractivity contribution is 14.0. The summed E-state index contributed by atoms with van der Waals surface area (Å²) in [5.41, 5.74) is 1.08. The number of aliphatic imine (C=N–C) groups is 1. The number of nitrogens with zero attached hydrogens (tertiary/aromatic N) is 2. The largest absolute Gasteiger partial charge is 0.497 e. The zero-order chi connectivity index (χ0) is 18.0. The molecule has 0 atom stereocenters. The molecule has 0 fully saturated rings. The van der Waals surface area contributed by atoms with Crippen LogP contribution in [-0.2, 0) is 16.6 Å². The van der Waals surface area contributed by atoms with Crippen molar-refractivity contribution in [1.82, 2.24) is 14.9 Å². The van der Waals surface area contributed by atoms with Crippen molar-refractivity contribution in [3.05, 3.63) is 29.8 Å². The first kappa shape index (κ1) is 23.9. The minimum atomic E-state index is -3.23. The molecule has 1 aromatic carbocycles. The fraction of sp³-hybridized carbons (Fsp3) is 0.562. The fourth-order valence-corrected chi connectivity index (χ4v) is 3.60. The predicted molar refractivity (Wildman–Crippen MR) is 113 cm³/mol. The Morgan fingerprint density at radius 1 is 1.16 bits per heavy atom. The van der Waals surface area contributed by atoms with E-state index in [1.165, 1.54) is 4.31 Å². The van der Waals surface area contributed by atoms with E-state index in [4.69, 9.17) is 4.74 Å². The van der Waals surface area contributed by atoms with Gasteiger partial charge in [-0.15, -0.1) is 24.0 Å². The molecule has 0 saturated heterocycles. The highest BCUT2D eigenvalue weighted by atomic mass is 127. The van der Waals surface area contributed by atoms with Crippen LogP contribution in [0.25, 0.3) is 0 Å². The molecule has 9 heteroatoms. The van der Waals surface area contributed by atoms with Gasteiger partial charge in [-0.25, -0.2) is 12.7 Å². The van der Waals surface area contributed by atoms with Crippen molar-refractivity contribution in [1.29, 1.82) is 0 Å². The zero-order valence-electron chi connectivity index (χ0n) is 15.3. The van der Waals surface area contributed by atoms with Crippen molar-refractivity contribution < 1.29 is 13.2 Å². The smallest absolute Gasteiger partial charge is 0.215 e. The van der Waals surface area contributed by atoms with Gasteiger partial charge in [-0.2, -0.15) is 0 Å². The van der Waals surface area contributed by atoms with Gasteiger partial charge >= 0.3 is 0 Å². The SMILES string of the molecule is CCN(CC)S(=O)(=O)CCNC(=NC)NCc1ccc(OC)cc1.I. The van der Waals surface area contributed by atoms with E-state index in [2.05, 4.69) is 15.6 Å². The van der Waals surface area contributed by atoms with Gasteiger partial charge in [0.1, 0.15) is 5.75 Å². The molecule has 1 aromatic rings. The number of hydrogen-bond donors (Lipinski definition) is 2. The number of rotatable bonds is 9. The highest BCUT2D eigenvalue weighted by Gasteiger charge is 2.18. The topological polar surface area (TPSA) is 83.0 Å². The molecule has 7 nitrogen and oxygen atoms in total. The molecular formula is C16H29IN4O3S. The molecule has 0 unspecified atom stereocenters. The number of ether oxygens (including phenoxy) is 1. The summed E-state index contributed by atoms with van der Waals surface area (Å²) in [6.07, 6.45) is 0. The summed E-state index contributed by atoms with van der Waals surface area (Å²) in [5, 5.41) is 6.19. The normalized spacial score (nSPS) is 11.8. The van der Waals surface area contributed by atoms with Crippen LogP contribution in [0, 0.1) is 0 Å². The predicted octanol–water partition coefficient (Wildman–Crippen LogP) is 1.65. The molecule has 0 aliphatic rings. The molecule has 0 amide bonds. The molecule has 0 radical (unpaired) electrons. The Morgan fingerprint density at radius 2 is 1.76 bits per heavy atom. The Hall–Kier alpha value is -1.07. The van der Waals surface area contributed by atoms with Crippen molar-refractivity contribution in [3.8, 4) is 5.75 Å². The maximum absolute atomic E-state index is 12.1. The van der Waals surface area contributed by atoms with Crippen LogP contribution in [0.2, 0.25) is 0 Å². The third kappa shape index (κ3) is 8.23. The minimum absolute atomic E-state index is 0. The van der Waals surface area contributed by atoms with E-state index in [1.807, 2.05) is 38.1 Å². The van der Waals surface area contributed by atoms with E-state index in [-0.39, 0.29) is 29.7 Å². The van der Waals surface area contributed by atoms with Crippen molar-refractivity contribution in [2.24, 2.45) is 4.99 Å². The minimum Gasteiger partial charge on any atom is -0.497 e. The summed E-state index contributed by atoms with van der Waals surface area (Å²) in [5.74, 6) is 1.42. The number of guanidine groups is 1. The van der Waals surface area contributed by atoms with Crippen LogP contribution in [0.3, 0.4) is 0 Å². The molecule has 25 heavy (non-hydrogen) atoms. The monoisotopic (exact) mass is 484 g/mol. The van der Waals surface area contributed by atoms with E-state index >= 15 is 0 Å². The Balaban J connectivity index is 0.00000576. The van der Waals surface area contributed by atoms with E-state index in [9.17, 15) is 8.42 Å². The van der Waals surface area contributed by atoms with Crippen LogP contribution in [-0.4, -0.2) is 58.2 Å². The molecule has 1 rings (SSSR count). The fourth-order valence-electron chi connectivity index (χ4n) is 2.19. The molecule has 144 valence electrons. The molecule has 0 aliphatic carbocycles. The molecular weight excluding hydrogens is 455 g/mol. The number of nitrogens with one attached hydrogen (secondary N) is 2. The number of hydrogen-bond acceptors (Lipinski definition) is 4. The van der Waals surface area contributed by atoms with Gasteiger partial charge in [-0.3, -0.25) is 4.99 Å². The Kier molecular flexibility index (Phi) is 11.8. The lowest BCUT2D eigenvalue weighted by Crippen LogP contribution is -2.41. The summed E-state index contributed by atoms with van der Waals surface area (Å²) in [6, 6.07) is 7.71. The summed E-state index contributed by atoms with van der Waals surface area (Å²) in [4.78, 5) is 4.10. The number of halogens is 1. The van der Waals surface area contributed by atoms with Crippen LogP contribution in [0.4, 0.5) is 0 Å². The molecule has 0 aromatic heterocycles. The lowest BCUT2D eigenvalue weighted by atomic mass is 10.2. The Labute approximate surface area is 168 Å². The average Bonchev–Trinajstić information content (AvgIpc) is 2.59. The van der Waals surface area contributed by atoms with Crippen LogP contribution >= 0.6 is 24.0 Å². The average molecular weight is 484 g/mol. The second-order valence-electron chi connectivity index (χ2n) is 5.10. The van der Waals surface area contributed by atoms with Gasteiger partial charge in [0.25, 0.3) is 0 Å². The molecule has 0 saturated carbocycles. The van der Waals surface area contributed by atoms with E-state index < -0.39 is 10.0 Å². The maximum atomic E-state index is 12.1. The zero-order valence-corrected chi connectivity index (χ0v) is 18.4. The standard InChI is InChI=1S/C16H28N4O3S.HI/c1-5-20(6-2)24(21,22)12-11-18-16(17-3)19-13-14-7-9-15(23-4)10-8-14;/h7-10H,5-6,11-13H2,1-4H3,(H2,17,18,19);1H. The maximum Gasteiger partial charge on any atom is 0.215 e. The summed E-state index contributed by atoms with van der Waals surface area (Å²) in [6.45, 7) is 5.55. The lowest BCUT2D eigenvalue weighted by molar-refractivity contribution is 0.414. The van der Waals surface area contributed by atoms with Crippen molar-refractivity contribution >= 4 is 40.0 Å². The third-order valence-electron chi connectivity index (χ3n) is 3.59. The van der Waals surface area contributed by atoms with E-state index in [0.29, 0.717) is 32.1 Å². The lowest BCUT2D eigenvalue weighted by Gasteiger charge is -2.19. The van der Waals surface area contributed by atoms with Gasteiger partial charge < -0.3 is 15.4 Å². The quantitative estimate of drug-likeness (QED) is 0.317. The second-order valence-corrected chi connectivity index (χ2v) is 7.19. The third-order valence-corrected chi connectivity index (χ3v) is 5.62. The van der Waals surface area contributed by atoms with Gasteiger partial charge in [-0.05, 0) is 17.7 Å². The molecule has 0 bridgehead atoms. The van der Waals surface area contributed by atoms with E-state index in [0.717, 1.165) is 11.3 Å². The van der Waals surface area contributed by atoms with Crippen LogP contribution in [0.1, 0.15) is 19.4 Å². The van der Waals surface area contributed by atoms with Gasteiger partial charge in [0, 0.05) is 33.2 Å². The molecule has 2 N–H and O–H groups in total. The first-order valence-electron chi connectivity index (χ1n) is 8.02. The summed E-state index contributed by atoms with van der Waals surface area (Å²) < 4.78 is 30.8. The molecule has 0 heterocycles. The second kappa shape index (κ2) is 12.3. The van der Waals surface area contributed by atoms with Gasteiger partial charge in [0.05, 0.1) is 12.9 Å². The Morgan fingerprint density at radius 3 is 2.24 bits per heavy atom. The number of methoxy groups -OCH3 is 1. The van der Waals surface area contributed by atoms with Crippen molar-refractivity contribution in [3.63, 3.8) is 0 Å². The molecule has 0 spiro atoms. The summed E-state index contributed by atoms with van der Waals surface area (Å²) in [7, 11) is 0.0582. The van der Waals surface area contributed by atoms with Crippen molar-refractivity contribution in [2.75, 3.05) is 39.5 Å². The Bertz CT molecular complexity index is 617. The summed E-state index contributed by atoms with van der Waals surface area (Å²) >= 11 is 0.